The molecule has 0 radical (unpaired) electrons. The van der Waals surface area contributed by atoms with Gasteiger partial charge in [-0.25, -0.2) is 0 Å². The maximum atomic E-state index is 10.9. The number of nitro benzene ring substituents is 1. The lowest BCUT2D eigenvalue weighted by Gasteiger charge is -1.99. The first-order chi connectivity index (χ1) is 8.63. The topological polar surface area (TPSA) is 108 Å². The van der Waals surface area contributed by atoms with Crippen LogP contribution in [0.2, 0.25) is 0 Å². The summed E-state index contributed by atoms with van der Waals surface area (Å²) in [7, 11) is 0. The fourth-order valence-corrected chi connectivity index (χ4v) is 1.46. The number of rotatable bonds is 4. The second kappa shape index (κ2) is 4.92. The number of nitrogens with two attached hydrogens (primary N) is 1. The van der Waals surface area contributed by atoms with Crippen LogP contribution in [0.4, 0.5) is 5.69 Å². The van der Waals surface area contributed by atoms with Gasteiger partial charge in [-0.15, -0.1) is 0 Å². The highest BCUT2D eigenvalue weighted by Crippen LogP contribution is 2.28. The number of benzene rings is 1. The van der Waals surface area contributed by atoms with E-state index in [1.165, 1.54) is 6.07 Å². The zero-order valence-corrected chi connectivity index (χ0v) is 9.74. The van der Waals surface area contributed by atoms with Crippen molar-refractivity contribution in [2.24, 2.45) is 5.73 Å². The molecule has 0 aliphatic heterocycles. The van der Waals surface area contributed by atoms with E-state index >= 15 is 0 Å². The lowest BCUT2D eigenvalue weighted by molar-refractivity contribution is -0.384. The van der Waals surface area contributed by atoms with Crippen molar-refractivity contribution in [2.45, 2.75) is 12.8 Å². The van der Waals surface area contributed by atoms with Crippen molar-refractivity contribution in [1.82, 2.24) is 10.1 Å². The predicted molar refractivity (Wildman–Crippen MR) is 63.9 cm³/mol. The molecule has 0 bridgehead atoms. The second-order valence-corrected chi connectivity index (χ2v) is 3.87. The van der Waals surface area contributed by atoms with Gasteiger partial charge in [-0.05, 0) is 6.07 Å². The molecule has 2 aromatic rings. The lowest BCUT2D eigenvalue weighted by Crippen LogP contribution is -2.10. The molecule has 0 saturated heterocycles. The molecule has 1 atom stereocenters. The number of nitro groups is 1. The summed E-state index contributed by atoms with van der Waals surface area (Å²) in [4.78, 5) is 14.5. The third-order valence-corrected chi connectivity index (χ3v) is 2.57. The lowest BCUT2D eigenvalue weighted by atomic mass is 10.1. The average Bonchev–Trinajstić information content (AvgIpc) is 2.87. The Bertz CT molecular complexity index is 567. The van der Waals surface area contributed by atoms with Gasteiger partial charge in [0.1, 0.15) is 5.56 Å². The third-order valence-electron chi connectivity index (χ3n) is 2.57. The Hall–Kier alpha value is -2.28. The van der Waals surface area contributed by atoms with Gasteiger partial charge in [-0.2, -0.15) is 4.98 Å². The first kappa shape index (κ1) is 12.2. The van der Waals surface area contributed by atoms with Crippen molar-refractivity contribution < 1.29 is 9.45 Å². The van der Waals surface area contributed by atoms with E-state index in [2.05, 4.69) is 10.1 Å². The molecule has 1 aromatic heterocycles. The van der Waals surface area contributed by atoms with Gasteiger partial charge in [0.25, 0.3) is 11.6 Å². The van der Waals surface area contributed by atoms with Crippen LogP contribution in [0.25, 0.3) is 11.5 Å². The molecule has 0 fully saturated rings. The standard InChI is InChI=1S/C11H12N4O3/c1-7(6-12)10-13-11(18-14-10)8-4-2-3-5-9(8)15(16)17/h2-5,7H,6,12H2,1H3. The minimum atomic E-state index is -0.481. The van der Waals surface area contributed by atoms with Crippen molar-refractivity contribution >= 4 is 5.69 Å². The maximum Gasteiger partial charge on any atom is 0.282 e. The molecule has 94 valence electrons. The molecule has 1 heterocycles. The smallest absolute Gasteiger partial charge is 0.282 e. The maximum absolute atomic E-state index is 10.9. The van der Waals surface area contributed by atoms with Crippen LogP contribution in [0.1, 0.15) is 18.7 Å². The van der Waals surface area contributed by atoms with Gasteiger partial charge in [0.05, 0.1) is 4.92 Å². The molecule has 0 aliphatic carbocycles. The van der Waals surface area contributed by atoms with E-state index in [0.717, 1.165) is 0 Å². The molecule has 1 aromatic carbocycles. The fraction of sp³-hybridized carbons (Fsp3) is 0.273. The molecule has 2 rings (SSSR count). The number of aromatic nitrogens is 2. The normalized spacial score (nSPS) is 12.3. The fourth-order valence-electron chi connectivity index (χ4n) is 1.46. The Balaban J connectivity index is 2.43. The van der Waals surface area contributed by atoms with Crippen molar-refractivity contribution in [3.63, 3.8) is 0 Å². The minimum Gasteiger partial charge on any atom is -0.334 e. The number of hydrogen-bond acceptors (Lipinski definition) is 6. The van der Waals surface area contributed by atoms with Crippen LogP contribution in [0.15, 0.2) is 28.8 Å². The monoisotopic (exact) mass is 248 g/mol. The molecular weight excluding hydrogens is 236 g/mol. The Morgan fingerprint density at radius 2 is 2.22 bits per heavy atom. The van der Waals surface area contributed by atoms with Crippen LogP contribution in [-0.4, -0.2) is 21.6 Å². The summed E-state index contributed by atoms with van der Waals surface area (Å²) < 4.78 is 5.04. The van der Waals surface area contributed by atoms with E-state index in [-0.39, 0.29) is 17.5 Å². The van der Waals surface area contributed by atoms with Crippen molar-refractivity contribution in [3.05, 3.63) is 40.2 Å². The van der Waals surface area contributed by atoms with Gasteiger partial charge in [0, 0.05) is 18.5 Å². The zero-order valence-electron chi connectivity index (χ0n) is 9.74. The van der Waals surface area contributed by atoms with E-state index in [0.29, 0.717) is 17.9 Å². The van der Waals surface area contributed by atoms with Gasteiger partial charge < -0.3 is 10.3 Å². The van der Waals surface area contributed by atoms with Crippen molar-refractivity contribution in [2.75, 3.05) is 6.54 Å². The van der Waals surface area contributed by atoms with Gasteiger partial charge in [0.2, 0.25) is 0 Å². The Morgan fingerprint density at radius 3 is 2.89 bits per heavy atom. The largest absolute Gasteiger partial charge is 0.334 e. The summed E-state index contributed by atoms with van der Waals surface area (Å²) in [5, 5.41) is 14.7. The quantitative estimate of drug-likeness (QED) is 0.651. The molecule has 0 aliphatic rings. The van der Waals surface area contributed by atoms with Gasteiger partial charge in [0.15, 0.2) is 5.82 Å². The molecule has 0 amide bonds. The highest BCUT2D eigenvalue weighted by Gasteiger charge is 2.20. The predicted octanol–water partition coefficient (Wildman–Crippen LogP) is 1.71. The number of hydrogen-bond donors (Lipinski definition) is 1. The van der Waals surface area contributed by atoms with Crippen LogP contribution in [0, 0.1) is 10.1 Å². The third kappa shape index (κ3) is 2.21. The molecule has 0 saturated carbocycles. The Labute approximate surface area is 103 Å². The summed E-state index contributed by atoms with van der Waals surface area (Å²) >= 11 is 0. The van der Waals surface area contributed by atoms with Crippen LogP contribution >= 0.6 is 0 Å². The molecule has 1 unspecified atom stereocenters. The van der Waals surface area contributed by atoms with Gasteiger partial charge in [-0.3, -0.25) is 10.1 Å². The summed E-state index contributed by atoms with van der Waals surface area (Å²) in [6.07, 6.45) is 0. The first-order valence-electron chi connectivity index (χ1n) is 5.41. The van der Waals surface area contributed by atoms with E-state index < -0.39 is 4.92 Å². The molecule has 18 heavy (non-hydrogen) atoms. The number of nitrogens with zero attached hydrogens (tertiary/aromatic N) is 3. The first-order valence-corrected chi connectivity index (χ1v) is 5.41. The molecule has 7 nitrogen and oxygen atoms in total. The van der Waals surface area contributed by atoms with Crippen molar-refractivity contribution in [3.8, 4) is 11.5 Å². The second-order valence-electron chi connectivity index (χ2n) is 3.87. The van der Waals surface area contributed by atoms with Crippen LogP contribution in [0.5, 0.6) is 0 Å². The average molecular weight is 248 g/mol. The summed E-state index contributed by atoms with van der Waals surface area (Å²) in [5.74, 6) is 0.536. The summed E-state index contributed by atoms with van der Waals surface area (Å²) in [6, 6.07) is 6.23. The van der Waals surface area contributed by atoms with Crippen LogP contribution < -0.4 is 5.73 Å². The van der Waals surface area contributed by atoms with E-state index in [1.54, 1.807) is 18.2 Å². The van der Waals surface area contributed by atoms with Crippen molar-refractivity contribution in [1.29, 1.82) is 0 Å². The van der Waals surface area contributed by atoms with E-state index in [4.69, 9.17) is 10.3 Å². The number of para-hydroxylation sites is 1. The SMILES string of the molecule is CC(CN)c1noc(-c2ccccc2[N+](=O)[O-])n1. The minimum absolute atomic E-state index is 0.0507. The summed E-state index contributed by atoms with van der Waals surface area (Å²) in [6.45, 7) is 2.24. The Morgan fingerprint density at radius 1 is 1.50 bits per heavy atom. The Kier molecular flexibility index (Phi) is 3.33. The van der Waals surface area contributed by atoms with Gasteiger partial charge in [-0.1, -0.05) is 24.2 Å². The highest BCUT2D eigenvalue weighted by molar-refractivity contribution is 5.66. The molecule has 7 heteroatoms. The van der Waals surface area contributed by atoms with Gasteiger partial charge >= 0.3 is 0 Å². The molecular formula is C11H12N4O3. The van der Waals surface area contributed by atoms with E-state index in [1.807, 2.05) is 6.92 Å². The highest BCUT2D eigenvalue weighted by atomic mass is 16.6. The molecule has 0 spiro atoms. The van der Waals surface area contributed by atoms with Crippen LogP contribution in [0.3, 0.4) is 0 Å². The summed E-state index contributed by atoms with van der Waals surface area (Å²) in [5.41, 5.74) is 5.75. The van der Waals surface area contributed by atoms with Crippen LogP contribution in [-0.2, 0) is 0 Å². The molecule has 2 N–H and O–H groups in total. The van der Waals surface area contributed by atoms with E-state index in [9.17, 15) is 10.1 Å². The zero-order chi connectivity index (χ0) is 13.1.